The van der Waals surface area contributed by atoms with Gasteiger partial charge in [-0.3, -0.25) is 0 Å². The van der Waals surface area contributed by atoms with Crippen LogP contribution in [-0.2, 0) is 0 Å². The molecule has 2 heterocycles. The minimum absolute atomic E-state index is 0.568. The van der Waals surface area contributed by atoms with E-state index in [-0.39, 0.29) is 0 Å². The van der Waals surface area contributed by atoms with Gasteiger partial charge in [0.2, 0.25) is 0 Å². The minimum atomic E-state index is 0.568. The number of rotatable bonds is 4. The number of hydrogen-bond acceptors (Lipinski definition) is 5. The molecule has 1 saturated heterocycles. The number of thioether (sulfide) groups is 1. The molecule has 0 amide bonds. The maximum absolute atomic E-state index is 5.80. The molecule has 4 nitrogen and oxygen atoms in total. The van der Waals surface area contributed by atoms with E-state index in [2.05, 4.69) is 21.8 Å². The molecule has 1 aliphatic heterocycles. The average Bonchev–Trinajstić information content (AvgIpc) is 2.77. The van der Waals surface area contributed by atoms with E-state index in [1.54, 1.807) is 0 Å². The molecular formula is C12H20N4S. The van der Waals surface area contributed by atoms with Crippen LogP contribution in [0.5, 0.6) is 0 Å². The van der Waals surface area contributed by atoms with E-state index in [0.717, 1.165) is 30.0 Å². The van der Waals surface area contributed by atoms with Gasteiger partial charge in [-0.05, 0) is 25.0 Å². The Morgan fingerprint density at radius 3 is 3.06 bits per heavy atom. The Morgan fingerprint density at radius 1 is 1.53 bits per heavy atom. The second kappa shape index (κ2) is 5.58. The summed E-state index contributed by atoms with van der Waals surface area (Å²) in [6.45, 7) is 4.45. The molecule has 0 bridgehead atoms. The predicted molar refractivity (Wildman–Crippen MR) is 73.5 cm³/mol. The van der Waals surface area contributed by atoms with Gasteiger partial charge in [-0.1, -0.05) is 25.1 Å². The van der Waals surface area contributed by atoms with Crippen molar-refractivity contribution in [2.75, 3.05) is 30.0 Å². The zero-order chi connectivity index (χ0) is 12.3. The third-order valence-electron chi connectivity index (χ3n) is 3.20. The maximum Gasteiger partial charge on any atom is 0.191 e. The van der Waals surface area contributed by atoms with E-state index in [1.165, 1.54) is 31.0 Å². The molecule has 17 heavy (non-hydrogen) atoms. The molecule has 94 valence electrons. The molecule has 0 aliphatic carbocycles. The van der Waals surface area contributed by atoms with Crippen LogP contribution in [0, 0.1) is 5.92 Å². The van der Waals surface area contributed by atoms with Crippen LogP contribution in [0.3, 0.4) is 0 Å². The van der Waals surface area contributed by atoms with E-state index in [9.17, 15) is 0 Å². The van der Waals surface area contributed by atoms with Gasteiger partial charge in [0.05, 0.1) is 0 Å². The summed E-state index contributed by atoms with van der Waals surface area (Å²) < 4.78 is 0. The summed E-state index contributed by atoms with van der Waals surface area (Å²) in [4.78, 5) is 11.0. The van der Waals surface area contributed by atoms with Gasteiger partial charge >= 0.3 is 0 Å². The first-order valence-electron chi connectivity index (χ1n) is 6.16. The van der Waals surface area contributed by atoms with Crippen molar-refractivity contribution in [3.8, 4) is 0 Å². The quantitative estimate of drug-likeness (QED) is 0.659. The van der Waals surface area contributed by atoms with Crippen molar-refractivity contribution in [1.29, 1.82) is 0 Å². The summed E-state index contributed by atoms with van der Waals surface area (Å²) in [5.74, 6) is 2.37. The molecule has 5 heteroatoms. The Hall–Kier alpha value is -0.970. The van der Waals surface area contributed by atoms with Crippen LogP contribution in [0.25, 0.3) is 0 Å². The zero-order valence-corrected chi connectivity index (χ0v) is 11.3. The number of hydrogen-bond donors (Lipinski definition) is 1. The van der Waals surface area contributed by atoms with Crippen LogP contribution in [0.15, 0.2) is 11.2 Å². The summed E-state index contributed by atoms with van der Waals surface area (Å²) in [6.07, 6.45) is 5.82. The number of nitrogens with two attached hydrogens (primary N) is 1. The Morgan fingerprint density at radius 2 is 2.35 bits per heavy atom. The molecule has 2 N–H and O–H groups in total. The van der Waals surface area contributed by atoms with Crippen LogP contribution in [0.1, 0.15) is 26.2 Å². The summed E-state index contributed by atoms with van der Waals surface area (Å²) in [5.41, 5.74) is 5.80. The molecule has 1 aliphatic rings. The van der Waals surface area contributed by atoms with E-state index >= 15 is 0 Å². The molecule has 1 aromatic heterocycles. The van der Waals surface area contributed by atoms with Gasteiger partial charge in [0.1, 0.15) is 11.6 Å². The van der Waals surface area contributed by atoms with Crippen molar-refractivity contribution in [2.45, 2.75) is 31.3 Å². The first kappa shape index (κ1) is 12.5. The van der Waals surface area contributed by atoms with Gasteiger partial charge in [-0.2, -0.15) is 0 Å². The molecule has 0 spiro atoms. The van der Waals surface area contributed by atoms with E-state index in [4.69, 9.17) is 5.73 Å². The lowest BCUT2D eigenvalue weighted by Gasteiger charge is -2.18. The predicted octanol–water partition coefficient (Wildman–Crippen LogP) is 2.41. The minimum Gasteiger partial charge on any atom is -0.383 e. The highest BCUT2D eigenvalue weighted by Crippen LogP contribution is 2.27. The van der Waals surface area contributed by atoms with Crippen molar-refractivity contribution in [3.63, 3.8) is 0 Å². The molecular weight excluding hydrogens is 232 g/mol. The highest BCUT2D eigenvalue weighted by molar-refractivity contribution is 7.98. The monoisotopic (exact) mass is 252 g/mol. The molecule has 0 aromatic carbocycles. The molecule has 1 unspecified atom stereocenters. The smallest absolute Gasteiger partial charge is 0.191 e. The average molecular weight is 252 g/mol. The lowest BCUT2D eigenvalue weighted by atomic mass is 10.0. The lowest BCUT2D eigenvalue weighted by Crippen LogP contribution is -2.21. The third-order valence-corrected chi connectivity index (χ3v) is 3.75. The van der Waals surface area contributed by atoms with Gasteiger partial charge in [0.15, 0.2) is 5.16 Å². The highest BCUT2D eigenvalue weighted by atomic mass is 32.2. The van der Waals surface area contributed by atoms with Gasteiger partial charge in [0.25, 0.3) is 0 Å². The maximum atomic E-state index is 5.80. The Labute approximate surface area is 107 Å². The fraction of sp³-hybridized carbons (Fsp3) is 0.667. The first-order chi connectivity index (χ1) is 8.22. The Bertz CT molecular complexity index is 383. The van der Waals surface area contributed by atoms with Crippen LogP contribution >= 0.6 is 11.8 Å². The fourth-order valence-corrected chi connectivity index (χ4v) is 2.75. The normalized spacial score (nSPS) is 19.9. The van der Waals surface area contributed by atoms with Crippen molar-refractivity contribution in [1.82, 2.24) is 9.97 Å². The number of anilines is 2. The van der Waals surface area contributed by atoms with Crippen molar-refractivity contribution >= 4 is 23.4 Å². The summed E-state index contributed by atoms with van der Waals surface area (Å²) >= 11 is 1.54. The summed E-state index contributed by atoms with van der Waals surface area (Å²) in [5, 5.41) is 0.763. The van der Waals surface area contributed by atoms with Gasteiger partial charge < -0.3 is 10.6 Å². The number of nitrogen functional groups attached to an aromatic ring is 1. The number of aromatic nitrogens is 2. The van der Waals surface area contributed by atoms with Gasteiger partial charge in [0, 0.05) is 19.2 Å². The topological polar surface area (TPSA) is 55.0 Å². The standard InChI is InChI=1S/C12H20N4S/c1-3-4-9-5-6-16(8-9)11-7-10(13)14-12(15-11)17-2/h7,9H,3-6,8H2,1-2H3,(H2,13,14,15). The highest BCUT2D eigenvalue weighted by Gasteiger charge is 2.23. The fourth-order valence-electron chi connectivity index (χ4n) is 2.37. The van der Waals surface area contributed by atoms with Crippen LogP contribution in [0.4, 0.5) is 11.6 Å². The Kier molecular flexibility index (Phi) is 4.10. The molecule has 2 rings (SSSR count). The summed E-state index contributed by atoms with van der Waals surface area (Å²) in [7, 11) is 0. The molecule has 1 atom stereocenters. The van der Waals surface area contributed by atoms with Crippen LogP contribution < -0.4 is 10.6 Å². The first-order valence-corrected chi connectivity index (χ1v) is 7.39. The van der Waals surface area contributed by atoms with E-state index in [1.807, 2.05) is 12.3 Å². The second-order valence-electron chi connectivity index (χ2n) is 4.53. The molecule has 0 saturated carbocycles. The third kappa shape index (κ3) is 3.03. The molecule has 0 radical (unpaired) electrons. The zero-order valence-electron chi connectivity index (χ0n) is 10.5. The van der Waals surface area contributed by atoms with E-state index < -0.39 is 0 Å². The van der Waals surface area contributed by atoms with Crippen molar-refractivity contribution in [3.05, 3.63) is 6.07 Å². The van der Waals surface area contributed by atoms with Crippen LogP contribution in [0.2, 0.25) is 0 Å². The van der Waals surface area contributed by atoms with Crippen molar-refractivity contribution < 1.29 is 0 Å². The largest absolute Gasteiger partial charge is 0.383 e. The van der Waals surface area contributed by atoms with Crippen molar-refractivity contribution in [2.24, 2.45) is 5.92 Å². The van der Waals surface area contributed by atoms with E-state index in [0.29, 0.717) is 5.82 Å². The second-order valence-corrected chi connectivity index (χ2v) is 5.30. The SMILES string of the molecule is CCCC1CCN(c2cc(N)nc(SC)n2)C1. The molecule has 1 aromatic rings. The lowest BCUT2D eigenvalue weighted by molar-refractivity contribution is 0.529. The van der Waals surface area contributed by atoms with Gasteiger partial charge in [-0.25, -0.2) is 9.97 Å². The van der Waals surface area contributed by atoms with Gasteiger partial charge in [-0.15, -0.1) is 0 Å². The molecule has 1 fully saturated rings. The van der Waals surface area contributed by atoms with Crippen LogP contribution in [-0.4, -0.2) is 29.3 Å². The number of nitrogens with zero attached hydrogens (tertiary/aromatic N) is 3. The Balaban J connectivity index is 2.10. The summed E-state index contributed by atoms with van der Waals surface area (Å²) in [6, 6.07) is 1.88.